The molecule has 0 unspecified atom stereocenters. The van der Waals surface area contributed by atoms with E-state index < -0.39 is 0 Å². The zero-order valence-corrected chi connectivity index (χ0v) is 15.8. The number of hydrogen-bond donors (Lipinski definition) is 2. The van der Waals surface area contributed by atoms with Crippen molar-refractivity contribution < 1.29 is 4.79 Å². The second-order valence-corrected chi connectivity index (χ2v) is 7.50. The van der Waals surface area contributed by atoms with Crippen LogP contribution in [0.25, 0.3) is 11.1 Å². The summed E-state index contributed by atoms with van der Waals surface area (Å²) in [4.78, 5) is 14.1. The first kappa shape index (κ1) is 17.4. The lowest BCUT2D eigenvalue weighted by molar-refractivity contribution is 0.163. The lowest BCUT2D eigenvalue weighted by atomic mass is 10.0. The summed E-state index contributed by atoms with van der Waals surface area (Å²) in [6.45, 7) is 6.38. The van der Waals surface area contributed by atoms with Gasteiger partial charge in [-0.25, -0.2) is 9.10 Å². The summed E-state index contributed by atoms with van der Waals surface area (Å²) in [6.07, 6.45) is 0. The molecule has 1 aliphatic carbocycles. The molecule has 1 aliphatic heterocycles. The van der Waals surface area contributed by atoms with Gasteiger partial charge in [-0.1, -0.05) is 48.5 Å². The van der Waals surface area contributed by atoms with Gasteiger partial charge in [-0.3, -0.25) is 9.62 Å². The van der Waals surface area contributed by atoms with Gasteiger partial charge in [0.1, 0.15) is 0 Å². The Morgan fingerprint density at radius 3 is 2.15 bits per heavy atom. The van der Waals surface area contributed by atoms with Gasteiger partial charge >= 0.3 is 6.03 Å². The van der Waals surface area contributed by atoms with Crippen molar-refractivity contribution in [3.63, 3.8) is 0 Å². The molecule has 0 spiro atoms. The third-order valence-corrected chi connectivity index (χ3v) is 5.94. The van der Waals surface area contributed by atoms with Crippen LogP contribution in [0.5, 0.6) is 0 Å². The predicted molar refractivity (Wildman–Crippen MR) is 107 cm³/mol. The second kappa shape index (κ2) is 7.70. The van der Waals surface area contributed by atoms with Crippen LogP contribution in [-0.4, -0.2) is 48.0 Å². The Morgan fingerprint density at radius 2 is 1.58 bits per heavy atom. The number of amides is 2. The first-order valence-electron chi connectivity index (χ1n) is 9.16. The highest BCUT2D eigenvalue weighted by atomic mass is 32.2. The van der Waals surface area contributed by atoms with Crippen molar-refractivity contribution in [3.05, 3.63) is 59.7 Å². The summed E-state index contributed by atoms with van der Waals surface area (Å²) >= 11 is 1.41. The maximum absolute atomic E-state index is 11.6. The van der Waals surface area contributed by atoms with E-state index >= 15 is 0 Å². The Kier molecular flexibility index (Phi) is 5.15. The highest BCUT2D eigenvalue weighted by molar-refractivity contribution is 7.95. The van der Waals surface area contributed by atoms with Crippen LogP contribution in [0, 0.1) is 0 Å². The van der Waals surface area contributed by atoms with E-state index in [2.05, 4.69) is 67.8 Å². The fourth-order valence-electron chi connectivity index (χ4n) is 3.88. The molecule has 6 heteroatoms. The number of piperazine rings is 1. The van der Waals surface area contributed by atoms with E-state index in [-0.39, 0.29) is 6.03 Å². The molecule has 0 atom stereocenters. The van der Waals surface area contributed by atoms with Crippen molar-refractivity contribution in [1.82, 2.24) is 19.2 Å². The normalized spacial score (nSPS) is 17.6. The van der Waals surface area contributed by atoms with Crippen LogP contribution in [0.4, 0.5) is 4.79 Å². The second-order valence-electron chi connectivity index (χ2n) is 6.59. The number of carbonyl (C=O) groups is 1. The Balaban J connectivity index is 1.44. The van der Waals surface area contributed by atoms with Crippen molar-refractivity contribution in [2.24, 2.45) is 0 Å². The molecule has 26 heavy (non-hydrogen) atoms. The molecule has 4 rings (SSSR count). The third-order valence-electron chi connectivity index (χ3n) is 5.04. The lowest BCUT2D eigenvalue weighted by Gasteiger charge is -2.37. The average Bonchev–Trinajstić information content (AvgIpc) is 3.02. The highest BCUT2D eigenvalue weighted by Crippen LogP contribution is 2.46. The van der Waals surface area contributed by atoms with Crippen LogP contribution in [0.2, 0.25) is 0 Å². The van der Waals surface area contributed by atoms with Gasteiger partial charge in [-0.2, -0.15) is 0 Å². The van der Waals surface area contributed by atoms with Crippen LogP contribution < -0.4 is 10.0 Å². The molecule has 0 saturated carbocycles. The zero-order valence-electron chi connectivity index (χ0n) is 14.9. The first-order chi connectivity index (χ1) is 12.8. The summed E-state index contributed by atoms with van der Waals surface area (Å²) < 4.78 is 5.06. The van der Waals surface area contributed by atoms with Gasteiger partial charge in [0.05, 0.1) is 6.04 Å². The van der Waals surface area contributed by atoms with Crippen LogP contribution in [-0.2, 0) is 0 Å². The molecule has 0 radical (unpaired) electrons. The van der Waals surface area contributed by atoms with Gasteiger partial charge in [0.25, 0.3) is 0 Å². The van der Waals surface area contributed by atoms with E-state index in [0.717, 1.165) is 26.2 Å². The fourth-order valence-corrected chi connectivity index (χ4v) is 4.51. The van der Waals surface area contributed by atoms with Crippen LogP contribution in [0.15, 0.2) is 48.5 Å². The molecule has 1 saturated heterocycles. The standard InChI is InChI=1S/C20H24N4OS/c1-2-21-20(25)22-26-24-13-11-23(12-14-24)19-17-9-5-3-7-15(17)16-8-4-6-10-18(16)19/h3-10,19H,2,11-14H2,1H3,(H2,21,22,25). The molecule has 0 bridgehead atoms. The molecular formula is C20H24N4OS. The molecule has 2 amide bonds. The molecule has 2 aromatic carbocycles. The smallest absolute Gasteiger partial charge is 0.325 e. The Labute approximate surface area is 159 Å². The van der Waals surface area contributed by atoms with E-state index in [1.54, 1.807) is 0 Å². The molecule has 2 aliphatic rings. The number of carbonyl (C=O) groups excluding carboxylic acids is 1. The number of nitrogens with zero attached hydrogens (tertiary/aromatic N) is 2. The minimum absolute atomic E-state index is 0.126. The lowest BCUT2D eigenvalue weighted by Crippen LogP contribution is -2.46. The summed E-state index contributed by atoms with van der Waals surface area (Å²) in [7, 11) is 0. The highest BCUT2D eigenvalue weighted by Gasteiger charge is 2.34. The van der Waals surface area contributed by atoms with Gasteiger partial charge in [0.15, 0.2) is 0 Å². The third kappa shape index (κ3) is 3.32. The van der Waals surface area contributed by atoms with Gasteiger partial charge in [-0.05, 0) is 29.2 Å². The SMILES string of the molecule is CCNC(=O)NSN1CCN(C2c3ccccc3-c3ccccc32)CC1. The average molecular weight is 369 g/mol. The van der Waals surface area contributed by atoms with Gasteiger partial charge in [0.2, 0.25) is 0 Å². The predicted octanol–water partition coefficient (Wildman–Crippen LogP) is 3.26. The number of urea groups is 1. The minimum Gasteiger partial charge on any atom is -0.338 e. The van der Waals surface area contributed by atoms with Crippen molar-refractivity contribution in [2.75, 3.05) is 32.7 Å². The summed E-state index contributed by atoms with van der Waals surface area (Å²) in [6, 6.07) is 17.7. The quantitative estimate of drug-likeness (QED) is 0.814. The number of nitrogens with one attached hydrogen (secondary N) is 2. The largest absolute Gasteiger partial charge is 0.338 e. The summed E-state index contributed by atoms with van der Waals surface area (Å²) in [5.41, 5.74) is 5.55. The first-order valence-corrected chi connectivity index (χ1v) is 9.93. The van der Waals surface area contributed by atoms with Crippen LogP contribution in [0.3, 0.4) is 0 Å². The maximum Gasteiger partial charge on any atom is 0.325 e. The Morgan fingerprint density at radius 1 is 1.00 bits per heavy atom. The van der Waals surface area contributed by atoms with Gasteiger partial charge in [-0.15, -0.1) is 0 Å². The molecule has 2 N–H and O–H groups in total. The molecule has 2 aromatic rings. The number of rotatable bonds is 4. The molecule has 136 valence electrons. The Bertz CT molecular complexity index is 743. The molecular weight excluding hydrogens is 344 g/mol. The van der Waals surface area contributed by atoms with Crippen LogP contribution >= 0.6 is 12.1 Å². The van der Waals surface area contributed by atoms with Gasteiger partial charge in [0, 0.05) is 44.9 Å². The zero-order chi connectivity index (χ0) is 17.9. The minimum atomic E-state index is -0.126. The van der Waals surface area contributed by atoms with E-state index in [1.807, 2.05) is 6.92 Å². The molecule has 5 nitrogen and oxygen atoms in total. The van der Waals surface area contributed by atoms with Crippen molar-refractivity contribution in [1.29, 1.82) is 0 Å². The fraction of sp³-hybridized carbons (Fsp3) is 0.350. The summed E-state index contributed by atoms with van der Waals surface area (Å²) in [5, 5.41) is 2.75. The van der Waals surface area contributed by atoms with Crippen molar-refractivity contribution in [3.8, 4) is 11.1 Å². The van der Waals surface area contributed by atoms with Crippen molar-refractivity contribution >= 4 is 18.2 Å². The van der Waals surface area contributed by atoms with Crippen molar-refractivity contribution in [2.45, 2.75) is 13.0 Å². The Hall–Kier alpha value is -2.02. The monoisotopic (exact) mass is 368 g/mol. The van der Waals surface area contributed by atoms with E-state index in [0.29, 0.717) is 12.6 Å². The number of hydrogen-bond acceptors (Lipinski definition) is 4. The summed E-state index contributed by atoms with van der Waals surface area (Å²) in [5.74, 6) is 0. The molecule has 0 aromatic heterocycles. The number of benzene rings is 2. The maximum atomic E-state index is 11.6. The van der Waals surface area contributed by atoms with Crippen LogP contribution in [0.1, 0.15) is 24.1 Å². The number of fused-ring (bicyclic) bond motifs is 3. The van der Waals surface area contributed by atoms with E-state index in [4.69, 9.17) is 0 Å². The van der Waals surface area contributed by atoms with E-state index in [1.165, 1.54) is 34.4 Å². The molecule has 1 fully saturated rings. The van der Waals surface area contributed by atoms with E-state index in [9.17, 15) is 4.79 Å². The molecule has 1 heterocycles. The topological polar surface area (TPSA) is 47.6 Å². The van der Waals surface area contributed by atoms with Gasteiger partial charge < -0.3 is 5.32 Å².